The van der Waals surface area contributed by atoms with E-state index in [1.54, 1.807) is 7.11 Å². The zero-order chi connectivity index (χ0) is 8.10. The summed E-state index contributed by atoms with van der Waals surface area (Å²) in [5.41, 5.74) is 2.20. The van der Waals surface area contributed by atoms with Crippen LogP contribution in [-0.4, -0.2) is 18.2 Å². The van der Waals surface area contributed by atoms with Crippen molar-refractivity contribution < 1.29 is 4.84 Å². The van der Waals surface area contributed by atoms with Crippen LogP contribution >= 0.6 is 15.9 Å². The molecule has 0 amide bonds. The van der Waals surface area contributed by atoms with Crippen LogP contribution in [0, 0.1) is 0 Å². The Kier molecular flexibility index (Phi) is 3.36. The van der Waals surface area contributed by atoms with Crippen LogP contribution in [0.15, 0.2) is 29.0 Å². The molecule has 2 nitrogen and oxygen atoms in total. The van der Waals surface area contributed by atoms with Gasteiger partial charge in [0.1, 0.15) is 7.11 Å². The van der Waals surface area contributed by atoms with E-state index in [1.165, 1.54) is 5.57 Å². The standard InChI is InChI=1S/C8H10BrNO/c1-11-10-8-5-3-2-4-7(8)6-9/h2-4H,5-6H2,1H3. The van der Waals surface area contributed by atoms with Gasteiger partial charge in [0.2, 0.25) is 0 Å². The van der Waals surface area contributed by atoms with Gasteiger partial charge in [-0.2, -0.15) is 0 Å². The third kappa shape index (κ3) is 2.19. The van der Waals surface area contributed by atoms with E-state index >= 15 is 0 Å². The maximum absolute atomic E-state index is 4.71. The second-order valence-electron chi connectivity index (χ2n) is 2.18. The average molecular weight is 216 g/mol. The van der Waals surface area contributed by atoms with Crippen LogP contribution in [0.3, 0.4) is 0 Å². The van der Waals surface area contributed by atoms with Crippen LogP contribution in [0.4, 0.5) is 0 Å². The van der Waals surface area contributed by atoms with Crippen molar-refractivity contribution in [3.8, 4) is 0 Å². The zero-order valence-electron chi connectivity index (χ0n) is 6.38. The minimum absolute atomic E-state index is 0.833. The molecule has 11 heavy (non-hydrogen) atoms. The van der Waals surface area contributed by atoms with Crippen molar-refractivity contribution in [1.82, 2.24) is 0 Å². The lowest BCUT2D eigenvalue weighted by Crippen LogP contribution is -2.06. The normalized spacial score (nSPS) is 20.2. The summed E-state index contributed by atoms with van der Waals surface area (Å²) in [4.78, 5) is 4.71. The summed E-state index contributed by atoms with van der Waals surface area (Å²) < 4.78 is 0. The van der Waals surface area contributed by atoms with Gasteiger partial charge in [-0.1, -0.05) is 39.3 Å². The van der Waals surface area contributed by atoms with Crippen molar-refractivity contribution in [2.24, 2.45) is 5.16 Å². The van der Waals surface area contributed by atoms with Crippen molar-refractivity contribution in [2.75, 3.05) is 12.4 Å². The van der Waals surface area contributed by atoms with Crippen molar-refractivity contribution in [3.63, 3.8) is 0 Å². The quantitative estimate of drug-likeness (QED) is 0.512. The topological polar surface area (TPSA) is 21.6 Å². The lowest BCUT2D eigenvalue weighted by atomic mass is 10.1. The minimum atomic E-state index is 0.833. The molecule has 1 rings (SSSR count). The average Bonchev–Trinajstić information content (AvgIpc) is 2.06. The summed E-state index contributed by atoms with van der Waals surface area (Å²) >= 11 is 3.38. The van der Waals surface area contributed by atoms with Crippen molar-refractivity contribution in [2.45, 2.75) is 6.42 Å². The Morgan fingerprint density at radius 3 is 3.18 bits per heavy atom. The molecular weight excluding hydrogens is 206 g/mol. The second-order valence-corrected chi connectivity index (χ2v) is 2.74. The molecule has 3 heteroatoms. The highest BCUT2D eigenvalue weighted by Gasteiger charge is 2.06. The molecule has 0 saturated heterocycles. The molecular formula is C8H10BrNO. The SMILES string of the molecule is CON=C1CC=CC=C1CBr. The van der Waals surface area contributed by atoms with E-state index in [0.29, 0.717) is 0 Å². The van der Waals surface area contributed by atoms with E-state index in [1.807, 2.05) is 12.2 Å². The van der Waals surface area contributed by atoms with Crippen LogP contribution < -0.4 is 0 Å². The predicted octanol–water partition coefficient (Wildman–Crippen LogP) is 2.27. The second kappa shape index (κ2) is 4.34. The zero-order valence-corrected chi connectivity index (χ0v) is 7.97. The highest BCUT2D eigenvalue weighted by Crippen LogP contribution is 2.11. The molecule has 1 aliphatic carbocycles. The molecule has 0 saturated carbocycles. The first-order chi connectivity index (χ1) is 5.38. The van der Waals surface area contributed by atoms with Crippen LogP contribution in [0.25, 0.3) is 0 Å². The lowest BCUT2D eigenvalue weighted by molar-refractivity contribution is 0.213. The van der Waals surface area contributed by atoms with E-state index in [-0.39, 0.29) is 0 Å². The molecule has 0 bridgehead atoms. The number of halogens is 1. The summed E-state index contributed by atoms with van der Waals surface area (Å²) in [5.74, 6) is 0. The van der Waals surface area contributed by atoms with Gasteiger partial charge in [-0.05, 0) is 5.57 Å². The Hall–Kier alpha value is -0.570. The van der Waals surface area contributed by atoms with Gasteiger partial charge in [-0.15, -0.1) is 0 Å². The van der Waals surface area contributed by atoms with Crippen LogP contribution in [-0.2, 0) is 4.84 Å². The highest BCUT2D eigenvalue weighted by molar-refractivity contribution is 9.09. The summed E-state index contributed by atoms with van der Waals surface area (Å²) in [7, 11) is 1.57. The van der Waals surface area contributed by atoms with Crippen molar-refractivity contribution >= 4 is 21.6 Å². The third-order valence-electron chi connectivity index (χ3n) is 1.46. The summed E-state index contributed by atoms with van der Waals surface area (Å²) in [6, 6.07) is 0. The number of oxime groups is 1. The summed E-state index contributed by atoms with van der Waals surface area (Å²) in [6.45, 7) is 0. The predicted molar refractivity (Wildman–Crippen MR) is 50.1 cm³/mol. The fourth-order valence-electron chi connectivity index (χ4n) is 0.919. The van der Waals surface area contributed by atoms with Gasteiger partial charge in [-0.3, -0.25) is 0 Å². The van der Waals surface area contributed by atoms with Gasteiger partial charge in [0, 0.05) is 11.8 Å². The molecule has 0 atom stereocenters. The largest absolute Gasteiger partial charge is 0.399 e. The molecule has 0 spiro atoms. The molecule has 0 N–H and O–H groups in total. The fourth-order valence-corrected chi connectivity index (χ4v) is 1.43. The van der Waals surface area contributed by atoms with Gasteiger partial charge in [0.15, 0.2) is 0 Å². The van der Waals surface area contributed by atoms with Crippen LogP contribution in [0.1, 0.15) is 6.42 Å². The highest BCUT2D eigenvalue weighted by atomic mass is 79.9. The fraction of sp³-hybridized carbons (Fsp3) is 0.375. The van der Waals surface area contributed by atoms with Crippen LogP contribution in [0.5, 0.6) is 0 Å². The number of allylic oxidation sites excluding steroid dienone is 4. The van der Waals surface area contributed by atoms with Gasteiger partial charge >= 0.3 is 0 Å². The Balaban J connectivity index is 2.75. The van der Waals surface area contributed by atoms with E-state index in [2.05, 4.69) is 27.2 Å². The molecule has 0 heterocycles. The van der Waals surface area contributed by atoms with Crippen LogP contribution in [0.2, 0.25) is 0 Å². The number of rotatable bonds is 2. The van der Waals surface area contributed by atoms with E-state index < -0.39 is 0 Å². The Bertz CT molecular complexity index is 218. The first-order valence-electron chi connectivity index (χ1n) is 3.40. The molecule has 0 aromatic rings. The Morgan fingerprint density at radius 2 is 2.55 bits per heavy atom. The third-order valence-corrected chi connectivity index (χ3v) is 2.06. The number of hydrogen-bond donors (Lipinski definition) is 0. The first-order valence-corrected chi connectivity index (χ1v) is 4.52. The molecule has 0 aliphatic heterocycles. The smallest absolute Gasteiger partial charge is 0.106 e. The monoisotopic (exact) mass is 215 g/mol. The van der Waals surface area contributed by atoms with Gasteiger partial charge in [0.05, 0.1) is 5.71 Å². The van der Waals surface area contributed by atoms with E-state index in [0.717, 1.165) is 17.5 Å². The van der Waals surface area contributed by atoms with Gasteiger partial charge in [0.25, 0.3) is 0 Å². The van der Waals surface area contributed by atoms with Gasteiger partial charge in [-0.25, -0.2) is 0 Å². The van der Waals surface area contributed by atoms with E-state index in [4.69, 9.17) is 4.84 Å². The molecule has 0 radical (unpaired) electrons. The number of alkyl halides is 1. The molecule has 60 valence electrons. The molecule has 1 aliphatic rings. The van der Waals surface area contributed by atoms with Gasteiger partial charge < -0.3 is 4.84 Å². The van der Waals surface area contributed by atoms with Crippen molar-refractivity contribution in [3.05, 3.63) is 23.8 Å². The molecule has 0 aromatic heterocycles. The minimum Gasteiger partial charge on any atom is -0.399 e. The lowest BCUT2D eigenvalue weighted by Gasteiger charge is -2.07. The first kappa shape index (κ1) is 8.53. The summed E-state index contributed by atoms with van der Waals surface area (Å²) in [5, 5.41) is 4.74. The summed E-state index contributed by atoms with van der Waals surface area (Å²) in [6.07, 6.45) is 7.00. The maximum atomic E-state index is 4.71. The molecule has 0 aromatic carbocycles. The number of nitrogens with zero attached hydrogens (tertiary/aromatic N) is 1. The maximum Gasteiger partial charge on any atom is 0.106 e. The van der Waals surface area contributed by atoms with Crippen molar-refractivity contribution in [1.29, 1.82) is 0 Å². The molecule has 0 unspecified atom stereocenters. The molecule has 0 fully saturated rings. The number of hydrogen-bond acceptors (Lipinski definition) is 2. The van der Waals surface area contributed by atoms with E-state index in [9.17, 15) is 0 Å². The Morgan fingerprint density at radius 1 is 1.73 bits per heavy atom. The Labute approximate surface area is 74.7 Å².